The minimum atomic E-state index is -0.318. The van der Waals surface area contributed by atoms with Crippen molar-refractivity contribution in [3.8, 4) is 0 Å². The molecule has 0 aliphatic heterocycles. The molecule has 0 atom stereocenters. The Morgan fingerprint density at radius 3 is 2.95 bits per heavy atom. The van der Waals surface area contributed by atoms with Crippen molar-refractivity contribution in [2.45, 2.75) is 19.3 Å². The number of carbonyl (C=O) groups excluding carboxylic acids is 1. The molecule has 1 aliphatic carbocycles. The summed E-state index contributed by atoms with van der Waals surface area (Å²) in [5.74, 6) is 0.437. The quantitative estimate of drug-likeness (QED) is 0.628. The molecule has 3 nitrogen and oxygen atoms in total. The van der Waals surface area contributed by atoms with Gasteiger partial charge in [-0.05, 0) is 24.5 Å². The van der Waals surface area contributed by atoms with E-state index in [9.17, 15) is 4.79 Å². The summed E-state index contributed by atoms with van der Waals surface area (Å²) in [7, 11) is 0. The van der Waals surface area contributed by atoms with Crippen molar-refractivity contribution in [1.29, 1.82) is 0 Å². The van der Waals surface area contributed by atoms with Gasteiger partial charge in [0.2, 0.25) is 0 Å². The highest BCUT2D eigenvalue weighted by atomic mass is 35.5. The maximum Gasteiger partial charge on any atom is 0.338 e. The Morgan fingerprint density at radius 2 is 2.16 bits per heavy atom. The zero-order valence-electron chi connectivity index (χ0n) is 10.4. The highest BCUT2D eigenvalue weighted by Crippen LogP contribution is 2.32. The van der Waals surface area contributed by atoms with Crippen LogP contribution in [0.2, 0.25) is 5.15 Å². The largest absolute Gasteiger partial charge is 0.462 e. The summed E-state index contributed by atoms with van der Waals surface area (Å²) in [4.78, 5) is 16.3. The van der Waals surface area contributed by atoms with Crippen molar-refractivity contribution < 1.29 is 9.53 Å². The van der Waals surface area contributed by atoms with Crippen LogP contribution < -0.4 is 0 Å². The molecule has 1 aromatic heterocycles. The smallest absolute Gasteiger partial charge is 0.338 e. The van der Waals surface area contributed by atoms with Gasteiger partial charge in [-0.3, -0.25) is 0 Å². The number of nitrogens with zero attached hydrogens (tertiary/aromatic N) is 1. The van der Waals surface area contributed by atoms with Gasteiger partial charge in [-0.15, -0.1) is 0 Å². The number of aromatic nitrogens is 1. The zero-order chi connectivity index (χ0) is 13.2. The molecule has 1 aromatic carbocycles. The number of esters is 1. The number of hydrogen-bond donors (Lipinski definition) is 0. The van der Waals surface area contributed by atoms with E-state index in [-0.39, 0.29) is 5.97 Å². The molecule has 4 heteroatoms. The topological polar surface area (TPSA) is 39.2 Å². The predicted molar refractivity (Wildman–Crippen MR) is 74.4 cm³/mol. The number of benzene rings is 1. The number of para-hydroxylation sites is 1. The number of ether oxygens (including phenoxy) is 1. The molecule has 3 rings (SSSR count). The normalized spacial score (nSPS) is 14.6. The van der Waals surface area contributed by atoms with Crippen LogP contribution in [0, 0.1) is 5.92 Å². The molecule has 1 aliphatic rings. The van der Waals surface area contributed by atoms with E-state index in [1.807, 2.05) is 24.3 Å². The maximum absolute atomic E-state index is 12.1. The molecule has 19 heavy (non-hydrogen) atoms. The first-order valence-electron chi connectivity index (χ1n) is 6.46. The third-order valence-corrected chi connectivity index (χ3v) is 3.55. The maximum atomic E-state index is 12.1. The fourth-order valence-corrected chi connectivity index (χ4v) is 2.31. The van der Waals surface area contributed by atoms with Gasteiger partial charge < -0.3 is 4.74 Å². The second-order valence-corrected chi connectivity index (χ2v) is 5.26. The van der Waals surface area contributed by atoms with Gasteiger partial charge in [0.25, 0.3) is 0 Å². The second kappa shape index (κ2) is 5.17. The molecule has 0 N–H and O–H groups in total. The van der Waals surface area contributed by atoms with Crippen molar-refractivity contribution in [3.63, 3.8) is 0 Å². The van der Waals surface area contributed by atoms with Crippen molar-refractivity contribution in [2.24, 2.45) is 5.92 Å². The summed E-state index contributed by atoms with van der Waals surface area (Å²) < 4.78 is 5.32. The number of rotatable bonds is 4. The van der Waals surface area contributed by atoms with Gasteiger partial charge >= 0.3 is 5.97 Å². The lowest BCUT2D eigenvalue weighted by molar-refractivity contribution is 0.0497. The highest BCUT2D eigenvalue weighted by Gasteiger charge is 2.21. The van der Waals surface area contributed by atoms with E-state index in [1.54, 1.807) is 6.07 Å². The molecule has 0 spiro atoms. The molecule has 0 amide bonds. The predicted octanol–water partition coefficient (Wildman–Crippen LogP) is 3.85. The first kappa shape index (κ1) is 12.4. The minimum absolute atomic E-state index is 0.313. The summed E-state index contributed by atoms with van der Waals surface area (Å²) in [5, 5.41) is 1.09. The third kappa shape index (κ3) is 2.87. The molecule has 98 valence electrons. The summed E-state index contributed by atoms with van der Waals surface area (Å²) in [6, 6.07) is 9.01. The standard InChI is InChI=1S/C15H14ClNO2/c16-14-9-12(11-3-1-2-4-13(11)17-14)15(18)19-8-7-10-5-6-10/h1-4,9-10H,5-8H2. The van der Waals surface area contributed by atoms with Crippen molar-refractivity contribution in [3.05, 3.63) is 41.0 Å². The van der Waals surface area contributed by atoms with Crippen LogP contribution in [0.3, 0.4) is 0 Å². The Labute approximate surface area is 116 Å². The number of halogens is 1. The lowest BCUT2D eigenvalue weighted by Crippen LogP contribution is -2.08. The number of pyridine rings is 1. The average Bonchev–Trinajstić information content (AvgIpc) is 3.21. The number of carbonyl (C=O) groups is 1. The van der Waals surface area contributed by atoms with Gasteiger partial charge in [0, 0.05) is 5.39 Å². The van der Waals surface area contributed by atoms with Gasteiger partial charge in [-0.2, -0.15) is 0 Å². The van der Waals surface area contributed by atoms with E-state index in [0.29, 0.717) is 22.8 Å². The molecule has 0 bridgehead atoms. The van der Waals surface area contributed by atoms with Gasteiger partial charge in [0.1, 0.15) is 5.15 Å². The molecular weight excluding hydrogens is 262 g/mol. The molecule has 1 saturated carbocycles. The van der Waals surface area contributed by atoms with Crippen LogP contribution in [0.25, 0.3) is 10.9 Å². The minimum Gasteiger partial charge on any atom is -0.462 e. The van der Waals surface area contributed by atoms with E-state index in [2.05, 4.69) is 4.98 Å². The van der Waals surface area contributed by atoms with Crippen LogP contribution >= 0.6 is 11.6 Å². The van der Waals surface area contributed by atoms with Crippen LogP contribution in [0.5, 0.6) is 0 Å². The van der Waals surface area contributed by atoms with Gasteiger partial charge in [0.15, 0.2) is 0 Å². The first-order valence-corrected chi connectivity index (χ1v) is 6.84. The summed E-state index contributed by atoms with van der Waals surface area (Å²) in [6.07, 6.45) is 3.49. The lowest BCUT2D eigenvalue weighted by atomic mass is 10.1. The first-order chi connectivity index (χ1) is 9.24. The summed E-state index contributed by atoms with van der Waals surface area (Å²) in [6.45, 7) is 0.484. The van der Waals surface area contributed by atoms with Crippen LogP contribution in [-0.2, 0) is 4.74 Å². The van der Waals surface area contributed by atoms with Gasteiger partial charge in [-0.1, -0.05) is 42.6 Å². The average molecular weight is 276 g/mol. The summed E-state index contributed by atoms with van der Waals surface area (Å²) >= 11 is 5.94. The lowest BCUT2D eigenvalue weighted by Gasteiger charge is -2.07. The Hall–Kier alpha value is -1.61. The van der Waals surface area contributed by atoms with Crippen molar-refractivity contribution in [1.82, 2.24) is 4.98 Å². The number of hydrogen-bond acceptors (Lipinski definition) is 3. The van der Waals surface area contributed by atoms with Crippen molar-refractivity contribution in [2.75, 3.05) is 6.61 Å². The van der Waals surface area contributed by atoms with Gasteiger partial charge in [0.05, 0.1) is 17.7 Å². The molecule has 0 radical (unpaired) electrons. The van der Waals surface area contributed by atoms with E-state index in [4.69, 9.17) is 16.3 Å². The fourth-order valence-electron chi connectivity index (χ4n) is 2.11. The molecule has 1 fully saturated rings. The van der Waals surface area contributed by atoms with Gasteiger partial charge in [-0.25, -0.2) is 9.78 Å². The van der Waals surface area contributed by atoms with E-state index < -0.39 is 0 Å². The van der Waals surface area contributed by atoms with Crippen LogP contribution in [0.15, 0.2) is 30.3 Å². The highest BCUT2D eigenvalue weighted by molar-refractivity contribution is 6.30. The monoisotopic (exact) mass is 275 g/mol. The van der Waals surface area contributed by atoms with E-state index in [1.165, 1.54) is 12.8 Å². The second-order valence-electron chi connectivity index (χ2n) is 4.88. The van der Waals surface area contributed by atoms with E-state index in [0.717, 1.165) is 17.7 Å². The molecule has 2 aromatic rings. The number of fused-ring (bicyclic) bond motifs is 1. The fraction of sp³-hybridized carbons (Fsp3) is 0.333. The van der Waals surface area contributed by atoms with Crippen LogP contribution in [-0.4, -0.2) is 17.6 Å². The van der Waals surface area contributed by atoms with Crippen molar-refractivity contribution >= 4 is 28.5 Å². The Bertz CT molecular complexity index is 623. The van der Waals surface area contributed by atoms with Crippen LogP contribution in [0.1, 0.15) is 29.6 Å². The third-order valence-electron chi connectivity index (χ3n) is 3.36. The Morgan fingerprint density at radius 1 is 1.37 bits per heavy atom. The summed E-state index contributed by atoms with van der Waals surface area (Å²) in [5.41, 5.74) is 1.20. The molecule has 1 heterocycles. The Kier molecular flexibility index (Phi) is 3.38. The molecule has 0 saturated heterocycles. The zero-order valence-corrected chi connectivity index (χ0v) is 11.2. The molecular formula is C15H14ClNO2. The van der Waals surface area contributed by atoms with E-state index >= 15 is 0 Å². The molecule has 0 unspecified atom stereocenters. The van der Waals surface area contributed by atoms with Crippen LogP contribution in [0.4, 0.5) is 0 Å². The SMILES string of the molecule is O=C(OCCC1CC1)c1cc(Cl)nc2ccccc12. The Balaban J connectivity index is 1.83.